The summed E-state index contributed by atoms with van der Waals surface area (Å²) in [5.41, 5.74) is -4.27. The van der Waals surface area contributed by atoms with Gasteiger partial charge in [0.2, 0.25) is 0 Å². The lowest BCUT2D eigenvalue weighted by Gasteiger charge is -2.19. The molecule has 0 atom stereocenters. The molecule has 0 aromatic heterocycles. The van der Waals surface area contributed by atoms with Crippen molar-refractivity contribution in [2.24, 2.45) is 0 Å². The summed E-state index contributed by atoms with van der Waals surface area (Å²) in [7, 11) is -3.62. The van der Waals surface area contributed by atoms with Crippen LogP contribution in [0.3, 0.4) is 0 Å². The van der Waals surface area contributed by atoms with E-state index in [1.807, 2.05) is 0 Å². The van der Waals surface area contributed by atoms with Crippen LogP contribution in [0.1, 0.15) is 6.92 Å². The van der Waals surface area contributed by atoms with Crippen LogP contribution in [0.2, 0.25) is 0 Å². The first kappa shape index (κ1) is 14.7. The maximum absolute atomic E-state index is 12.6. The summed E-state index contributed by atoms with van der Waals surface area (Å²) in [4.78, 5) is 2.60. The molecule has 0 saturated heterocycles. The maximum atomic E-state index is 12.6. The number of fused-ring (bicyclic) bond motifs is 1. The van der Waals surface area contributed by atoms with Crippen LogP contribution in [0.25, 0.3) is 0 Å². The van der Waals surface area contributed by atoms with Gasteiger partial charge >= 0.3 is 5.51 Å². The average molecular weight is 306 g/mol. The van der Waals surface area contributed by atoms with Crippen LogP contribution in [-0.4, -0.2) is 27.5 Å². The third-order valence-corrected chi connectivity index (χ3v) is 4.71. The van der Waals surface area contributed by atoms with Crippen molar-refractivity contribution in [3.8, 4) is 0 Å². The highest BCUT2D eigenvalue weighted by molar-refractivity contribution is 7.92. The first-order chi connectivity index (χ1) is 9.11. The van der Waals surface area contributed by atoms with Gasteiger partial charge in [-0.1, -0.05) is 6.58 Å². The van der Waals surface area contributed by atoms with Gasteiger partial charge in [0.1, 0.15) is 5.82 Å². The van der Waals surface area contributed by atoms with Gasteiger partial charge in [-0.2, -0.15) is 13.2 Å². The molecule has 0 aliphatic carbocycles. The van der Waals surface area contributed by atoms with Gasteiger partial charge in [-0.25, -0.2) is 8.42 Å². The minimum absolute atomic E-state index is 0.408. The van der Waals surface area contributed by atoms with E-state index in [4.69, 9.17) is 0 Å². The van der Waals surface area contributed by atoms with Crippen molar-refractivity contribution in [2.45, 2.75) is 17.3 Å². The molecule has 0 saturated carbocycles. The lowest BCUT2D eigenvalue weighted by atomic mass is 10.2. The Balaban J connectivity index is 2.60. The van der Waals surface area contributed by atoms with Crippen LogP contribution >= 0.6 is 0 Å². The molecule has 20 heavy (non-hydrogen) atoms. The van der Waals surface area contributed by atoms with Crippen molar-refractivity contribution in [1.82, 2.24) is 0 Å². The molecule has 1 aromatic rings. The summed E-state index contributed by atoms with van der Waals surface area (Å²) < 4.78 is 60.6. The van der Waals surface area contributed by atoms with Crippen LogP contribution in [0.15, 0.2) is 35.5 Å². The van der Waals surface area contributed by atoms with Crippen molar-refractivity contribution in [1.29, 1.82) is 0 Å². The van der Waals surface area contributed by atoms with Crippen molar-refractivity contribution >= 4 is 21.2 Å². The Hall–Kier alpha value is -1.70. The molecule has 0 unspecified atom stereocenters. The molecular weight excluding hydrogens is 293 g/mol. The van der Waals surface area contributed by atoms with E-state index in [1.54, 1.807) is 23.8 Å². The van der Waals surface area contributed by atoms with Crippen molar-refractivity contribution in [3.63, 3.8) is 0 Å². The molecule has 2 rings (SSSR count). The molecular formula is C12H13F3N2O2S. The van der Waals surface area contributed by atoms with Gasteiger partial charge in [0.25, 0.3) is 9.84 Å². The number of nitrogens with zero attached hydrogens (tertiary/aromatic N) is 2. The van der Waals surface area contributed by atoms with Crippen LogP contribution in [-0.2, 0) is 9.84 Å². The van der Waals surface area contributed by atoms with Gasteiger partial charge in [0, 0.05) is 13.6 Å². The first-order valence-corrected chi connectivity index (χ1v) is 7.25. The van der Waals surface area contributed by atoms with Crippen molar-refractivity contribution < 1.29 is 21.6 Å². The lowest BCUT2D eigenvalue weighted by Crippen LogP contribution is -2.24. The van der Waals surface area contributed by atoms with E-state index in [1.165, 1.54) is 6.07 Å². The standard InChI is InChI=1S/C12H13F3N2O2S/c1-4-17-8(2)16(3)10-6-5-9(7-11(10)17)20(18,19)12(13,14)15/h5-7H,2,4H2,1,3H3. The van der Waals surface area contributed by atoms with E-state index < -0.39 is 20.2 Å². The summed E-state index contributed by atoms with van der Waals surface area (Å²) in [5, 5.41) is 0. The molecule has 0 N–H and O–H groups in total. The summed E-state index contributed by atoms with van der Waals surface area (Å²) in [5.74, 6) is 0.587. The SMILES string of the molecule is C=C1N(C)c2ccc(S(=O)(=O)C(F)(F)F)cc2N1CC. The zero-order chi connectivity index (χ0) is 15.3. The molecule has 1 heterocycles. The monoisotopic (exact) mass is 306 g/mol. The predicted octanol–water partition coefficient (Wildman–Crippen LogP) is 2.73. The zero-order valence-electron chi connectivity index (χ0n) is 10.9. The molecule has 1 aliphatic heterocycles. The molecule has 4 nitrogen and oxygen atoms in total. The lowest BCUT2D eigenvalue weighted by molar-refractivity contribution is -0.0435. The Labute approximate surface area is 115 Å². The third-order valence-electron chi connectivity index (χ3n) is 3.23. The Morgan fingerprint density at radius 1 is 1.25 bits per heavy atom. The highest BCUT2D eigenvalue weighted by Gasteiger charge is 2.47. The third kappa shape index (κ3) is 1.94. The van der Waals surface area contributed by atoms with Gasteiger partial charge in [0.05, 0.1) is 16.3 Å². The molecule has 1 aliphatic rings. The number of benzene rings is 1. The second kappa shape index (κ2) is 4.41. The highest BCUT2D eigenvalue weighted by atomic mass is 32.2. The van der Waals surface area contributed by atoms with Gasteiger partial charge < -0.3 is 9.80 Å². The Morgan fingerprint density at radius 3 is 2.35 bits per heavy atom. The van der Waals surface area contributed by atoms with E-state index in [2.05, 4.69) is 6.58 Å². The van der Waals surface area contributed by atoms with Crippen LogP contribution in [0.4, 0.5) is 24.5 Å². The molecule has 0 amide bonds. The predicted molar refractivity (Wildman–Crippen MR) is 70.2 cm³/mol. The van der Waals surface area contributed by atoms with Crippen LogP contribution < -0.4 is 9.80 Å². The van der Waals surface area contributed by atoms with Crippen LogP contribution in [0.5, 0.6) is 0 Å². The van der Waals surface area contributed by atoms with Gasteiger partial charge in [-0.05, 0) is 25.1 Å². The number of hydrogen-bond donors (Lipinski definition) is 0. The summed E-state index contributed by atoms with van der Waals surface area (Å²) >= 11 is 0. The largest absolute Gasteiger partial charge is 0.501 e. The Kier molecular flexibility index (Phi) is 3.24. The van der Waals surface area contributed by atoms with E-state index in [-0.39, 0.29) is 0 Å². The number of halogens is 3. The Morgan fingerprint density at radius 2 is 1.85 bits per heavy atom. The van der Waals surface area contributed by atoms with E-state index in [0.29, 0.717) is 23.7 Å². The number of hydrogen-bond acceptors (Lipinski definition) is 4. The van der Waals surface area contributed by atoms with Crippen LogP contribution in [0, 0.1) is 0 Å². The number of rotatable bonds is 2. The molecule has 0 bridgehead atoms. The topological polar surface area (TPSA) is 40.6 Å². The van der Waals surface area contributed by atoms with Crippen molar-refractivity contribution in [3.05, 3.63) is 30.6 Å². The minimum Gasteiger partial charge on any atom is -0.330 e. The smallest absolute Gasteiger partial charge is 0.330 e. The molecule has 0 radical (unpaired) electrons. The van der Waals surface area contributed by atoms with Gasteiger partial charge in [-0.3, -0.25) is 0 Å². The maximum Gasteiger partial charge on any atom is 0.501 e. The summed E-state index contributed by atoms with van der Waals surface area (Å²) in [6.07, 6.45) is 0. The first-order valence-electron chi connectivity index (χ1n) is 5.77. The number of alkyl halides is 3. The quantitative estimate of drug-likeness (QED) is 0.842. The molecule has 110 valence electrons. The summed E-state index contributed by atoms with van der Waals surface area (Å²) in [6.45, 7) is 6.11. The zero-order valence-corrected chi connectivity index (χ0v) is 11.7. The van der Waals surface area contributed by atoms with E-state index in [0.717, 1.165) is 12.1 Å². The van der Waals surface area contributed by atoms with Gasteiger partial charge in [0.15, 0.2) is 0 Å². The minimum atomic E-state index is -5.34. The molecule has 1 aromatic carbocycles. The fourth-order valence-electron chi connectivity index (χ4n) is 2.12. The highest BCUT2D eigenvalue weighted by Crippen LogP contribution is 2.42. The normalized spacial score (nSPS) is 15.8. The summed E-state index contributed by atoms with van der Waals surface area (Å²) in [6, 6.07) is 3.36. The number of sulfone groups is 1. The van der Waals surface area contributed by atoms with E-state index >= 15 is 0 Å². The fraction of sp³-hybridized carbons (Fsp3) is 0.333. The van der Waals surface area contributed by atoms with Gasteiger partial charge in [-0.15, -0.1) is 0 Å². The molecule has 8 heteroatoms. The number of anilines is 2. The second-order valence-electron chi connectivity index (χ2n) is 4.32. The molecule has 0 spiro atoms. The average Bonchev–Trinajstić information content (AvgIpc) is 2.60. The second-order valence-corrected chi connectivity index (χ2v) is 6.26. The van der Waals surface area contributed by atoms with E-state index in [9.17, 15) is 21.6 Å². The van der Waals surface area contributed by atoms with Crippen molar-refractivity contribution in [2.75, 3.05) is 23.4 Å². The Bertz CT molecular complexity index is 668. The molecule has 0 fully saturated rings. The fourth-order valence-corrected chi connectivity index (χ4v) is 2.90.